The number of ether oxygens (including phenoxy) is 1. The number of piperidine rings is 1. The molecule has 0 bridgehead atoms. The normalized spacial score (nSPS) is 16.5. The van der Waals surface area contributed by atoms with Gasteiger partial charge in [0.05, 0.1) is 17.1 Å². The van der Waals surface area contributed by atoms with Crippen molar-refractivity contribution in [3.8, 4) is 0 Å². The lowest BCUT2D eigenvalue weighted by Gasteiger charge is -2.33. The van der Waals surface area contributed by atoms with Crippen molar-refractivity contribution in [3.05, 3.63) is 46.3 Å². The second kappa shape index (κ2) is 8.64. The largest absolute Gasteiger partial charge is 0.462 e. The van der Waals surface area contributed by atoms with Crippen LogP contribution in [-0.4, -0.2) is 40.1 Å². The summed E-state index contributed by atoms with van der Waals surface area (Å²) in [5, 5.41) is 14.8. The Labute approximate surface area is 162 Å². The minimum atomic E-state index is -0.464. The lowest BCUT2D eigenvalue weighted by Crippen LogP contribution is -2.38. The van der Waals surface area contributed by atoms with Crippen molar-refractivity contribution in [2.45, 2.75) is 39.2 Å². The molecule has 0 radical (unpaired) electrons. The number of anilines is 3. The van der Waals surface area contributed by atoms with Gasteiger partial charge in [-0.2, -0.15) is 0 Å². The quantitative estimate of drug-likeness (QED) is 0.455. The monoisotopic (exact) mass is 385 g/mol. The zero-order chi connectivity index (χ0) is 20.1. The predicted octanol–water partition coefficient (Wildman–Crippen LogP) is 3.68. The van der Waals surface area contributed by atoms with Crippen molar-refractivity contribution < 1.29 is 14.5 Å². The van der Waals surface area contributed by atoms with Crippen LogP contribution in [0.2, 0.25) is 0 Å². The van der Waals surface area contributed by atoms with Crippen molar-refractivity contribution in [3.63, 3.8) is 0 Å². The molecular formula is C19H23N5O4. The Bertz CT molecular complexity index is 873. The standard InChI is InChI=1S/C19H23N5O4/c1-3-28-19(25)14-8-6-9-15(11-14)22-17-16(24(26)27)18(21-12-20-17)23-10-5-4-7-13(23)2/h6,8-9,11-13H,3-5,7,10H2,1-2H3,(H,20,21,22). The van der Waals surface area contributed by atoms with Gasteiger partial charge in [-0.3, -0.25) is 10.1 Å². The van der Waals surface area contributed by atoms with Crippen LogP contribution < -0.4 is 10.2 Å². The summed E-state index contributed by atoms with van der Waals surface area (Å²) in [6.45, 7) is 4.76. The molecule has 1 aromatic carbocycles. The van der Waals surface area contributed by atoms with Gasteiger partial charge in [0.15, 0.2) is 0 Å². The van der Waals surface area contributed by atoms with Crippen molar-refractivity contribution in [1.29, 1.82) is 0 Å². The molecule has 1 fully saturated rings. The number of nitrogens with zero attached hydrogens (tertiary/aromatic N) is 4. The molecule has 28 heavy (non-hydrogen) atoms. The van der Waals surface area contributed by atoms with E-state index in [1.165, 1.54) is 6.33 Å². The van der Waals surface area contributed by atoms with Crippen LogP contribution in [0.15, 0.2) is 30.6 Å². The van der Waals surface area contributed by atoms with Crippen LogP contribution in [0, 0.1) is 10.1 Å². The van der Waals surface area contributed by atoms with Gasteiger partial charge in [-0.1, -0.05) is 6.07 Å². The predicted molar refractivity (Wildman–Crippen MR) is 105 cm³/mol. The Kier molecular flexibility index (Phi) is 6.03. The smallest absolute Gasteiger partial charge is 0.353 e. The number of benzene rings is 1. The second-order valence-electron chi connectivity index (χ2n) is 6.62. The Balaban J connectivity index is 1.94. The van der Waals surface area contributed by atoms with Gasteiger partial charge in [-0.15, -0.1) is 0 Å². The van der Waals surface area contributed by atoms with E-state index in [4.69, 9.17) is 4.74 Å². The molecule has 0 saturated carbocycles. The Morgan fingerprint density at radius 2 is 2.21 bits per heavy atom. The average molecular weight is 385 g/mol. The molecule has 9 nitrogen and oxygen atoms in total. The maximum atomic E-state index is 11.9. The Morgan fingerprint density at radius 1 is 1.39 bits per heavy atom. The third-order valence-electron chi connectivity index (χ3n) is 4.70. The van der Waals surface area contributed by atoms with Gasteiger partial charge < -0.3 is 15.0 Å². The SMILES string of the molecule is CCOC(=O)c1cccc(Nc2ncnc(N3CCCCC3C)c2[N+](=O)[O-])c1. The molecule has 1 aliphatic heterocycles. The maximum Gasteiger partial charge on any atom is 0.353 e. The molecule has 148 valence electrons. The second-order valence-corrected chi connectivity index (χ2v) is 6.62. The first kappa shape index (κ1) is 19.5. The first-order valence-corrected chi connectivity index (χ1v) is 9.31. The molecule has 1 atom stereocenters. The van der Waals surface area contributed by atoms with Crippen LogP contribution in [0.4, 0.5) is 23.0 Å². The summed E-state index contributed by atoms with van der Waals surface area (Å²) in [5.41, 5.74) is 0.691. The van der Waals surface area contributed by atoms with Gasteiger partial charge >= 0.3 is 11.7 Å². The van der Waals surface area contributed by atoms with Crippen LogP contribution in [0.25, 0.3) is 0 Å². The van der Waals surface area contributed by atoms with Crippen LogP contribution in [0.3, 0.4) is 0 Å². The van der Waals surface area contributed by atoms with Gasteiger partial charge in [0.25, 0.3) is 0 Å². The number of hydrogen-bond donors (Lipinski definition) is 1. The summed E-state index contributed by atoms with van der Waals surface area (Å²) in [5.74, 6) is -0.0452. The molecule has 0 spiro atoms. The summed E-state index contributed by atoms with van der Waals surface area (Å²) in [6, 6.07) is 6.75. The molecule has 3 rings (SSSR count). The fourth-order valence-electron chi connectivity index (χ4n) is 3.33. The van der Waals surface area contributed by atoms with E-state index in [-0.39, 0.29) is 24.2 Å². The number of hydrogen-bond acceptors (Lipinski definition) is 8. The molecule has 1 aliphatic rings. The summed E-state index contributed by atoms with van der Waals surface area (Å²) in [4.78, 5) is 33.5. The highest BCUT2D eigenvalue weighted by atomic mass is 16.6. The Hall–Kier alpha value is -3.23. The number of nitro groups is 1. The minimum Gasteiger partial charge on any atom is -0.462 e. The van der Waals surface area contributed by atoms with Gasteiger partial charge in [0, 0.05) is 18.3 Å². The topological polar surface area (TPSA) is 110 Å². The van der Waals surface area contributed by atoms with E-state index < -0.39 is 10.9 Å². The van der Waals surface area contributed by atoms with Crippen LogP contribution in [-0.2, 0) is 4.74 Å². The highest BCUT2D eigenvalue weighted by Crippen LogP contribution is 2.36. The molecule has 1 N–H and O–H groups in total. The minimum absolute atomic E-state index is 0.0915. The third-order valence-corrected chi connectivity index (χ3v) is 4.70. The third kappa shape index (κ3) is 4.19. The van der Waals surface area contributed by atoms with Crippen LogP contribution in [0.1, 0.15) is 43.5 Å². The fourth-order valence-corrected chi connectivity index (χ4v) is 3.33. The molecule has 9 heteroatoms. The van der Waals surface area contributed by atoms with Crippen molar-refractivity contribution in [2.24, 2.45) is 0 Å². The molecule has 1 aromatic heterocycles. The van der Waals surface area contributed by atoms with Crippen LogP contribution >= 0.6 is 0 Å². The molecule has 1 unspecified atom stereocenters. The zero-order valence-corrected chi connectivity index (χ0v) is 15.9. The van der Waals surface area contributed by atoms with Crippen molar-refractivity contribution in [2.75, 3.05) is 23.4 Å². The van der Waals surface area contributed by atoms with Crippen molar-refractivity contribution in [1.82, 2.24) is 9.97 Å². The summed E-state index contributed by atoms with van der Waals surface area (Å²) < 4.78 is 5.00. The maximum absolute atomic E-state index is 11.9. The van der Waals surface area contributed by atoms with Crippen LogP contribution in [0.5, 0.6) is 0 Å². The van der Waals surface area contributed by atoms with E-state index in [2.05, 4.69) is 15.3 Å². The number of aromatic nitrogens is 2. The first-order chi connectivity index (χ1) is 13.5. The van der Waals surface area contributed by atoms with Crippen molar-refractivity contribution >= 4 is 29.0 Å². The molecule has 0 amide bonds. The van der Waals surface area contributed by atoms with E-state index in [1.54, 1.807) is 31.2 Å². The number of esters is 1. The van der Waals surface area contributed by atoms with E-state index >= 15 is 0 Å². The number of carbonyl (C=O) groups excluding carboxylic acids is 1. The summed E-state index contributed by atoms with van der Waals surface area (Å²) in [6.07, 6.45) is 4.35. The van der Waals surface area contributed by atoms with E-state index in [0.29, 0.717) is 17.1 Å². The lowest BCUT2D eigenvalue weighted by atomic mass is 10.0. The molecule has 2 heterocycles. The summed E-state index contributed by atoms with van der Waals surface area (Å²) >= 11 is 0. The Morgan fingerprint density at radius 3 is 2.93 bits per heavy atom. The van der Waals surface area contributed by atoms with Gasteiger partial charge in [-0.25, -0.2) is 14.8 Å². The zero-order valence-electron chi connectivity index (χ0n) is 15.9. The number of rotatable bonds is 6. The fraction of sp³-hybridized carbons (Fsp3) is 0.421. The van der Waals surface area contributed by atoms with E-state index in [0.717, 1.165) is 25.8 Å². The van der Waals surface area contributed by atoms with E-state index in [9.17, 15) is 14.9 Å². The molecule has 0 aliphatic carbocycles. The highest BCUT2D eigenvalue weighted by molar-refractivity contribution is 5.91. The molecular weight excluding hydrogens is 362 g/mol. The average Bonchev–Trinajstić information content (AvgIpc) is 2.68. The van der Waals surface area contributed by atoms with Gasteiger partial charge in [0.2, 0.25) is 11.6 Å². The molecule has 2 aromatic rings. The number of carbonyl (C=O) groups is 1. The van der Waals surface area contributed by atoms with Gasteiger partial charge in [-0.05, 0) is 51.3 Å². The molecule has 1 saturated heterocycles. The first-order valence-electron chi connectivity index (χ1n) is 9.31. The van der Waals surface area contributed by atoms with E-state index in [1.807, 2.05) is 11.8 Å². The highest BCUT2D eigenvalue weighted by Gasteiger charge is 2.30. The number of nitrogens with one attached hydrogen (secondary N) is 1. The summed E-state index contributed by atoms with van der Waals surface area (Å²) in [7, 11) is 0. The van der Waals surface area contributed by atoms with Gasteiger partial charge in [0.1, 0.15) is 6.33 Å². The lowest BCUT2D eigenvalue weighted by molar-refractivity contribution is -0.383.